The van der Waals surface area contributed by atoms with E-state index in [2.05, 4.69) is 4.18 Å². The number of carbonyl (C=O) groups excluding carboxylic acids is 1. The lowest BCUT2D eigenvalue weighted by atomic mass is 9.90. The van der Waals surface area contributed by atoms with Crippen LogP contribution < -0.4 is 0 Å². The van der Waals surface area contributed by atoms with Crippen molar-refractivity contribution in [2.45, 2.75) is 45.7 Å². The summed E-state index contributed by atoms with van der Waals surface area (Å²) in [6, 6.07) is 0. The molecule has 26 heavy (non-hydrogen) atoms. The minimum Gasteiger partial charge on any atom is -0.465 e. The van der Waals surface area contributed by atoms with Crippen LogP contribution in [0.1, 0.15) is 34.1 Å². The van der Waals surface area contributed by atoms with Gasteiger partial charge in [0.15, 0.2) is 0 Å². The third kappa shape index (κ3) is 5.26. The summed E-state index contributed by atoms with van der Waals surface area (Å²) in [5.41, 5.74) is -6.64. The second-order valence-electron chi connectivity index (χ2n) is 6.75. The van der Waals surface area contributed by atoms with Gasteiger partial charge in [-0.2, -0.15) is 21.6 Å². The Labute approximate surface area is 148 Å². The van der Waals surface area contributed by atoms with Crippen molar-refractivity contribution < 1.29 is 45.2 Å². The van der Waals surface area contributed by atoms with E-state index < -0.39 is 57.1 Å². The van der Waals surface area contributed by atoms with E-state index in [9.17, 15) is 31.2 Å². The Kier molecular flexibility index (Phi) is 6.22. The van der Waals surface area contributed by atoms with E-state index in [0.29, 0.717) is 4.90 Å². The predicted molar refractivity (Wildman–Crippen MR) is 82.3 cm³/mol. The van der Waals surface area contributed by atoms with Crippen LogP contribution in [-0.4, -0.2) is 55.2 Å². The van der Waals surface area contributed by atoms with Crippen LogP contribution in [-0.2, 0) is 23.8 Å². The summed E-state index contributed by atoms with van der Waals surface area (Å²) in [4.78, 5) is 23.9. The minimum atomic E-state index is -6.06. The first-order valence-corrected chi connectivity index (χ1v) is 8.88. The van der Waals surface area contributed by atoms with E-state index in [1.165, 1.54) is 0 Å². The molecule has 1 aliphatic heterocycles. The normalized spacial score (nSPS) is 17.7. The van der Waals surface area contributed by atoms with Gasteiger partial charge >= 0.3 is 27.7 Å². The molecule has 150 valence electrons. The molecular weight excluding hydrogens is 383 g/mol. The Balaban J connectivity index is 3.22. The van der Waals surface area contributed by atoms with Gasteiger partial charge in [0.25, 0.3) is 0 Å². The number of rotatable bonds is 4. The van der Waals surface area contributed by atoms with Gasteiger partial charge in [-0.15, -0.1) is 0 Å². The standard InChI is InChI=1S/C14H20F3NO7S/c1-8(13(2,3)4)24-11(19)9-5-6-18(12(20)21)7-10(9)25-26(22,23)14(15,16)17/h8H,5-7H2,1-4H3,(H,20,21). The molecule has 1 atom stereocenters. The first-order chi connectivity index (χ1) is 11.6. The highest BCUT2D eigenvalue weighted by molar-refractivity contribution is 7.87. The molecule has 0 aromatic rings. The molecule has 1 aliphatic rings. The summed E-state index contributed by atoms with van der Waals surface area (Å²) in [5.74, 6) is -1.97. The highest BCUT2D eigenvalue weighted by atomic mass is 32.2. The van der Waals surface area contributed by atoms with Crippen LogP contribution in [0.4, 0.5) is 18.0 Å². The van der Waals surface area contributed by atoms with Gasteiger partial charge in [-0.3, -0.25) is 0 Å². The number of amides is 1. The fourth-order valence-corrected chi connectivity index (χ4v) is 2.29. The Bertz CT molecular complexity index is 707. The minimum absolute atomic E-state index is 0.220. The van der Waals surface area contributed by atoms with E-state index in [1.54, 1.807) is 27.7 Å². The van der Waals surface area contributed by atoms with Gasteiger partial charge in [-0.25, -0.2) is 9.59 Å². The summed E-state index contributed by atoms with van der Waals surface area (Å²) in [6.07, 6.45) is -2.48. The van der Waals surface area contributed by atoms with E-state index in [-0.39, 0.29) is 13.0 Å². The van der Waals surface area contributed by atoms with Crippen molar-refractivity contribution in [3.8, 4) is 0 Å². The lowest BCUT2D eigenvalue weighted by Gasteiger charge is -2.30. The van der Waals surface area contributed by atoms with Crippen molar-refractivity contribution in [1.29, 1.82) is 0 Å². The van der Waals surface area contributed by atoms with Crippen molar-refractivity contribution in [3.05, 3.63) is 11.3 Å². The van der Waals surface area contributed by atoms with E-state index in [1.807, 2.05) is 0 Å². The molecule has 0 bridgehead atoms. The Morgan fingerprint density at radius 3 is 2.19 bits per heavy atom. The van der Waals surface area contributed by atoms with Crippen molar-refractivity contribution in [2.75, 3.05) is 13.1 Å². The number of hydrogen-bond donors (Lipinski definition) is 1. The van der Waals surface area contributed by atoms with Crippen LogP contribution in [0.25, 0.3) is 0 Å². The number of esters is 1. The number of ether oxygens (including phenoxy) is 1. The average molecular weight is 403 g/mol. The summed E-state index contributed by atoms with van der Waals surface area (Å²) < 4.78 is 69.4. The SMILES string of the molecule is CC(OC(=O)C1=C(OS(=O)(=O)C(F)(F)F)CN(C(=O)O)CC1)C(C)(C)C. The monoisotopic (exact) mass is 403 g/mol. The number of hydrogen-bond acceptors (Lipinski definition) is 6. The number of nitrogens with zero attached hydrogens (tertiary/aromatic N) is 1. The van der Waals surface area contributed by atoms with Crippen molar-refractivity contribution in [1.82, 2.24) is 4.90 Å². The number of halogens is 3. The maximum Gasteiger partial charge on any atom is 0.534 e. The van der Waals surface area contributed by atoms with Crippen molar-refractivity contribution in [3.63, 3.8) is 0 Å². The Morgan fingerprint density at radius 2 is 1.77 bits per heavy atom. The molecule has 1 amide bonds. The molecule has 8 nitrogen and oxygen atoms in total. The topological polar surface area (TPSA) is 110 Å². The zero-order chi connectivity index (χ0) is 20.5. The molecule has 0 aliphatic carbocycles. The maximum atomic E-state index is 12.6. The van der Waals surface area contributed by atoms with Crippen LogP contribution in [0, 0.1) is 5.41 Å². The van der Waals surface area contributed by atoms with Gasteiger partial charge in [-0.05, 0) is 12.3 Å². The highest BCUT2D eigenvalue weighted by Crippen LogP contribution is 2.31. The number of carboxylic acid groups (broad SMARTS) is 1. The van der Waals surface area contributed by atoms with Gasteiger partial charge in [0, 0.05) is 13.0 Å². The van der Waals surface area contributed by atoms with Gasteiger partial charge in [-0.1, -0.05) is 20.8 Å². The molecule has 0 aromatic carbocycles. The first kappa shape index (κ1) is 22.1. The van der Waals surface area contributed by atoms with Crippen LogP contribution >= 0.6 is 0 Å². The Hall–Kier alpha value is -1.98. The molecule has 1 rings (SSSR count). The lowest BCUT2D eigenvalue weighted by Crippen LogP contribution is -2.40. The molecule has 0 spiro atoms. The van der Waals surface area contributed by atoms with Gasteiger partial charge in [0.1, 0.15) is 11.9 Å². The molecule has 12 heteroatoms. The largest absolute Gasteiger partial charge is 0.534 e. The summed E-state index contributed by atoms with van der Waals surface area (Å²) in [7, 11) is -6.06. The molecule has 0 aromatic heterocycles. The van der Waals surface area contributed by atoms with Gasteiger partial charge in [0.05, 0.1) is 12.1 Å². The quantitative estimate of drug-likeness (QED) is 0.436. The third-order valence-corrected chi connectivity index (χ3v) is 4.80. The zero-order valence-corrected chi connectivity index (χ0v) is 15.4. The Morgan fingerprint density at radius 1 is 1.23 bits per heavy atom. The maximum absolute atomic E-state index is 12.6. The van der Waals surface area contributed by atoms with Gasteiger partial charge in [0.2, 0.25) is 0 Å². The van der Waals surface area contributed by atoms with Crippen LogP contribution in [0.3, 0.4) is 0 Å². The van der Waals surface area contributed by atoms with Crippen LogP contribution in [0.2, 0.25) is 0 Å². The number of carbonyl (C=O) groups is 2. The van der Waals surface area contributed by atoms with Crippen molar-refractivity contribution >= 4 is 22.2 Å². The summed E-state index contributed by atoms with van der Waals surface area (Å²) in [5, 5.41) is 8.95. The van der Waals surface area contributed by atoms with Crippen molar-refractivity contribution in [2.24, 2.45) is 5.41 Å². The fourth-order valence-electron chi connectivity index (χ4n) is 1.78. The van der Waals surface area contributed by atoms with Crippen LogP contribution in [0.5, 0.6) is 0 Å². The molecule has 0 radical (unpaired) electrons. The molecule has 0 saturated heterocycles. The molecule has 1 unspecified atom stereocenters. The van der Waals surface area contributed by atoms with E-state index in [4.69, 9.17) is 9.84 Å². The number of alkyl halides is 3. The summed E-state index contributed by atoms with van der Waals surface area (Å²) in [6.45, 7) is 5.81. The molecule has 1 N–H and O–H groups in total. The average Bonchev–Trinajstić information content (AvgIpc) is 2.44. The zero-order valence-electron chi connectivity index (χ0n) is 14.6. The molecular formula is C14H20F3NO7S. The van der Waals surface area contributed by atoms with E-state index >= 15 is 0 Å². The lowest BCUT2D eigenvalue weighted by molar-refractivity contribution is -0.149. The smallest absolute Gasteiger partial charge is 0.465 e. The second-order valence-corrected chi connectivity index (χ2v) is 8.29. The van der Waals surface area contributed by atoms with Gasteiger partial charge < -0.3 is 18.9 Å². The molecule has 0 fully saturated rings. The molecule has 0 saturated carbocycles. The van der Waals surface area contributed by atoms with Crippen LogP contribution in [0.15, 0.2) is 11.3 Å². The predicted octanol–water partition coefficient (Wildman–Crippen LogP) is 2.47. The van der Waals surface area contributed by atoms with E-state index in [0.717, 1.165) is 0 Å². The first-order valence-electron chi connectivity index (χ1n) is 7.48. The fraction of sp³-hybridized carbons (Fsp3) is 0.714. The molecule has 1 heterocycles. The highest BCUT2D eigenvalue weighted by Gasteiger charge is 2.50. The third-order valence-electron chi connectivity index (χ3n) is 3.82. The summed E-state index contributed by atoms with van der Waals surface area (Å²) >= 11 is 0. The second kappa shape index (κ2) is 7.33.